The molecule has 0 amide bonds. The van der Waals surface area contributed by atoms with Crippen LogP contribution in [0.2, 0.25) is 0 Å². The highest BCUT2D eigenvalue weighted by atomic mass is 15.3. The van der Waals surface area contributed by atoms with Crippen LogP contribution < -0.4 is 11.1 Å². The molecule has 0 atom stereocenters. The van der Waals surface area contributed by atoms with Crippen LogP contribution in [-0.2, 0) is 0 Å². The monoisotopic (exact) mass is 331 g/mol. The summed E-state index contributed by atoms with van der Waals surface area (Å²) in [4.78, 5) is 13.5. The van der Waals surface area contributed by atoms with Crippen molar-refractivity contribution in [1.29, 1.82) is 0 Å². The molecule has 4 heterocycles. The Hall–Kier alpha value is -3.06. The predicted octanol–water partition coefficient (Wildman–Crippen LogP) is 2.24. The number of nitrogens with two attached hydrogens (primary N) is 1. The molecule has 5 rings (SSSR count). The lowest BCUT2D eigenvalue weighted by Gasteiger charge is -2.32. The van der Waals surface area contributed by atoms with Crippen molar-refractivity contribution in [3.63, 3.8) is 0 Å². The molecule has 4 aromatic heterocycles. The van der Waals surface area contributed by atoms with Gasteiger partial charge in [-0.2, -0.15) is 0 Å². The predicted molar refractivity (Wildman–Crippen MR) is 96.1 cm³/mol. The lowest BCUT2D eigenvalue weighted by atomic mass is 9.88. The number of hydrogen-bond acceptors (Lipinski definition) is 6. The van der Waals surface area contributed by atoms with Gasteiger partial charge in [0.15, 0.2) is 0 Å². The van der Waals surface area contributed by atoms with Gasteiger partial charge in [0.05, 0.1) is 28.4 Å². The number of fused-ring (bicyclic) bond motifs is 2. The van der Waals surface area contributed by atoms with E-state index in [0.717, 1.165) is 40.6 Å². The van der Waals surface area contributed by atoms with E-state index in [1.807, 2.05) is 47.2 Å². The Bertz CT molecular complexity index is 1070. The second kappa shape index (κ2) is 5.49. The van der Waals surface area contributed by atoms with Crippen LogP contribution in [0.3, 0.4) is 0 Å². The first-order valence-electron chi connectivity index (χ1n) is 8.35. The number of anilines is 1. The zero-order valence-electron chi connectivity index (χ0n) is 13.5. The molecular formula is C18H17N7. The number of hydrogen-bond donors (Lipinski definition) is 2. The molecule has 0 spiro atoms. The van der Waals surface area contributed by atoms with Gasteiger partial charge in [0.25, 0.3) is 0 Å². The van der Waals surface area contributed by atoms with Crippen LogP contribution in [0.1, 0.15) is 12.8 Å². The van der Waals surface area contributed by atoms with Crippen LogP contribution in [0, 0.1) is 0 Å². The maximum absolute atomic E-state index is 5.82. The normalized spacial score (nSPS) is 19.9. The zero-order chi connectivity index (χ0) is 16.8. The van der Waals surface area contributed by atoms with Crippen molar-refractivity contribution in [1.82, 2.24) is 24.6 Å². The molecule has 1 aliphatic rings. The van der Waals surface area contributed by atoms with E-state index in [-0.39, 0.29) is 0 Å². The van der Waals surface area contributed by atoms with Crippen molar-refractivity contribution in [2.24, 2.45) is 5.73 Å². The highest BCUT2D eigenvalue weighted by Crippen LogP contribution is 2.26. The fraction of sp³-hybridized carbons (Fsp3) is 0.222. The molecule has 3 N–H and O–H groups in total. The summed E-state index contributed by atoms with van der Waals surface area (Å²) in [7, 11) is 0. The molecule has 0 unspecified atom stereocenters. The van der Waals surface area contributed by atoms with Gasteiger partial charge in [-0.3, -0.25) is 4.98 Å². The summed E-state index contributed by atoms with van der Waals surface area (Å²) in [5, 5.41) is 7.87. The van der Waals surface area contributed by atoms with Gasteiger partial charge in [-0.15, -0.1) is 5.10 Å². The Kier molecular flexibility index (Phi) is 3.14. The van der Waals surface area contributed by atoms with Crippen molar-refractivity contribution in [2.45, 2.75) is 24.9 Å². The average Bonchev–Trinajstić information content (AvgIpc) is 3.03. The summed E-state index contributed by atoms with van der Waals surface area (Å²) in [6.45, 7) is 0. The Balaban J connectivity index is 1.50. The first kappa shape index (κ1) is 14.3. The van der Waals surface area contributed by atoms with Gasteiger partial charge in [0.1, 0.15) is 0 Å². The number of pyridine rings is 2. The smallest absolute Gasteiger partial charge is 0.241 e. The minimum absolute atomic E-state index is 0.299. The molecule has 0 radical (unpaired) electrons. The van der Waals surface area contributed by atoms with E-state index >= 15 is 0 Å². The highest BCUT2D eigenvalue weighted by Gasteiger charge is 2.26. The minimum Gasteiger partial charge on any atom is -0.350 e. The van der Waals surface area contributed by atoms with E-state index in [0.29, 0.717) is 18.0 Å². The largest absolute Gasteiger partial charge is 0.350 e. The molecule has 0 aromatic carbocycles. The van der Waals surface area contributed by atoms with Crippen LogP contribution in [0.5, 0.6) is 0 Å². The molecule has 7 heteroatoms. The Morgan fingerprint density at radius 2 is 2.00 bits per heavy atom. The Morgan fingerprint density at radius 1 is 1.08 bits per heavy atom. The lowest BCUT2D eigenvalue weighted by molar-refractivity contribution is 0.371. The van der Waals surface area contributed by atoms with Gasteiger partial charge in [-0.25, -0.2) is 14.5 Å². The van der Waals surface area contributed by atoms with Crippen LogP contribution in [0.15, 0.2) is 48.9 Å². The molecule has 4 aromatic rings. The highest BCUT2D eigenvalue weighted by molar-refractivity contribution is 5.83. The average molecular weight is 331 g/mol. The van der Waals surface area contributed by atoms with E-state index in [1.165, 1.54) is 0 Å². The molecule has 1 aliphatic carbocycles. The number of nitrogens with one attached hydrogen (secondary N) is 1. The molecule has 1 saturated carbocycles. The quantitative estimate of drug-likeness (QED) is 0.598. The van der Waals surface area contributed by atoms with Gasteiger partial charge in [-0.1, -0.05) is 0 Å². The van der Waals surface area contributed by atoms with Crippen molar-refractivity contribution >= 4 is 22.5 Å². The zero-order valence-corrected chi connectivity index (χ0v) is 13.5. The third-order valence-corrected chi connectivity index (χ3v) is 4.66. The van der Waals surface area contributed by atoms with Gasteiger partial charge >= 0.3 is 0 Å². The van der Waals surface area contributed by atoms with Crippen LogP contribution in [-0.4, -0.2) is 36.6 Å². The van der Waals surface area contributed by atoms with E-state index in [2.05, 4.69) is 20.4 Å². The van der Waals surface area contributed by atoms with Gasteiger partial charge in [-0.05, 0) is 43.2 Å². The van der Waals surface area contributed by atoms with Gasteiger partial charge < -0.3 is 11.1 Å². The van der Waals surface area contributed by atoms with E-state index in [4.69, 9.17) is 10.7 Å². The van der Waals surface area contributed by atoms with Gasteiger partial charge in [0.2, 0.25) is 5.95 Å². The third kappa shape index (κ3) is 2.49. The Morgan fingerprint density at radius 3 is 2.88 bits per heavy atom. The summed E-state index contributed by atoms with van der Waals surface area (Å²) in [5.74, 6) is 0.627. The first-order valence-corrected chi connectivity index (χ1v) is 8.35. The molecule has 25 heavy (non-hydrogen) atoms. The van der Waals surface area contributed by atoms with E-state index < -0.39 is 0 Å². The topological polar surface area (TPSA) is 94.0 Å². The van der Waals surface area contributed by atoms with Crippen molar-refractivity contribution in [3.05, 3.63) is 48.9 Å². The fourth-order valence-corrected chi connectivity index (χ4v) is 3.25. The standard InChI is InChI=1S/C18H17N7/c19-11-8-12(9-11)22-18-21-10-17-13(5-7-25(17)24-18)14-3-4-15-16(23-14)2-1-6-20-15/h1-7,10-12H,8-9,19H2,(H,22,24). The lowest BCUT2D eigenvalue weighted by Crippen LogP contribution is -2.44. The van der Waals surface area contributed by atoms with Crippen LogP contribution in [0.4, 0.5) is 5.95 Å². The van der Waals surface area contributed by atoms with Crippen LogP contribution >= 0.6 is 0 Å². The number of nitrogens with zero attached hydrogens (tertiary/aromatic N) is 5. The second-order valence-corrected chi connectivity index (χ2v) is 6.45. The summed E-state index contributed by atoms with van der Waals surface area (Å²) in [5.41, 5.74) is 10.4. The van der Waals surface area contributed by atoms with E-state index in [9.17, 15) is 0 Å². The van der Waals surface area contributed by atoms with Crippen molar-refractivity contribution < 1.29 is 0 Å². The number of aromatic nitrogens is 5. The van der Waals surface area contributed by atoms with Crippen LogP contribution in [0.25, 0.3) is 27.8 Å². The maximum atomic E-state index is 5.82. The van der Waals surface area contributed by atoms with Crippen molar-refractivity contribution in [3.8, 4) is 11.3 Å². The maximum Gasteiger partial charge on any atom is 0.241 e. The SMILES string of the molecule is NC1CC(Nc2ncc3c(-c4ccc5ncccc5n4)ccn3n2)C1. The minimum atomic E-state index is 0.299. The van der Waals surface area contributed by atoms with E-state index in [1.54, 1.807) is 6.20 Å². The molecule has 0 bridgehead atoms. The second-order valence-electron chi connectivity index (χ2n) is 6.45. The van der Waals surface area contributed by atoms with Gasteiger partial charge in [0, 0.05) is 30.0 Å². The molecule has 124 valence electrons. The molecular weight excluding hydrogens is 314 g/mol. The fourth-order valence-electron chi connectivity index (χ4n) is 3.25. The summed E-state index contributed by atoms with van der Waals surface area (Å²) < 4.78 is 1.83. The Labute approximate surface area is 143 Å². The summed E-state index contributed by atoms with van der Waals surface area (Å²) >= 11 is 0. The third-order valence-electron chi connectivity index (χ3n) is 4.66. The van der Waals surface area contributed by atoms with Crippen molar-refractivity contribution in [2.75, 3.05) is 5.32 Å². The number of rotatable bonds is 3. The summed E-state index contributed by atoms with van der Waals surface area (Å²) in [6.07, 6.45) is 7.47. The summed E-state index contributed by atoms with van der Waals surface area (Å²) in [6, 6.07) is 10.5. The first-order chi connectivity index (χ1) is 12.3. The molecule has 7 nitrogen and oxygen atoms in total. The molecule has 0 aliphatic heterocycles. The molecule has 0 saturated heterocycles. The molecule has 1 fully saturated rings.